The number of primary amides is 1. The summed E-state index contributed by atoms with van der Waals surface area (Å²) < 4.78 is 0. The molecule has 2 unspecified atom stereocenters. The summed E-state index contributed by atoms with van der Waals surface area (Å²) in [6.07, 6.45) is 1.18. The lowest BCUT2D eigenvalue weighted by atomic mass is 10.0. The molecule has 0 saturated heterocycles. The van der Waals surface area contributed by atoms with Crippen molar-refractivity contribution < 1.29 is 14.4 Å². The summed E-state index contributed by atoms with van der Waals surface area (Å²) in [5.41, 5.74) is 12.3. The van der Waals surface area contributed by atoms with Crippen LogP contribution >= 0.6 is 0 Å². The molecule has 0 saturated carbocycles. The number of rotatable bonds is 10. The van der Waals surface area contributed by atoms with Crippen molar-refractivity contribution in [1.29, 1.82) is 0 Å². The van der Waals surface area contributed by atoms with Crippen LogP contribution in [0.2, 0.25) is 0 Å². The second-order valence-electron chi connectivity index (χ2n) is 6.48. The van der Waals surface area contributed by atoms with Crippen LogP contribution in [-0.2, 0) is 16.0 Å². The average molecular weight is 382 g/mol. The average Bonchev–Trinajstić information content (AvgIpc) is 2.71. The Morgan fingerprint density at radius 3 is 2.04 bits per heavy atom. The van der Waals surface area contributed by atoms with Crippen molar-refractivity contribution in [2.45, 2.75) is 31.3 Å². The van der Waals surface area contributed by atoms with Gasteiger partial charge in [-0.3, -0.25) is 14.4 Å². The molecule has 0 radical (unpaired) electrons. The first-order chi connectivity index (χ1) is 13.5. The van der Waals surface area contributed by atoms with Crippen LogP contribution in [-0.4, -0.2) is 36.3 Å². The molecule has 0 fully saturated rings. The van der Waals surface area contributed by atoms with Gasteiger partial charge in [0.05, 0.1) is 0 Å². The van der Waals surface area contributed by atoms with E-state index in [1.165, 1.54) is 0 Å². The van der Waals surface area contributed by atoms with Gasteiger partial charge in [-0.25, -0.2) is 0 Å². The maximum Gasteiger partial charge on any atom is 0.251 e. The van der Waals surface area contributed by atoms with Crippen molar-refractivity contribution in [3.05, 3.63) is 71.8 Å². The molecule has 0 bridgehead atoms. The summed E-state index contributed by atoms with van der Waals surface area (Å²) in [5, 5.41) is 5.38. The Kier molecular flexibility index (Phi) is 8.17. The van der Waals surface area contributed by atoms with E-state index >= 15 is 0 Å². The van der Waals surface area contributed by atoms with E-state index in [1.807, 2.05) is 30.3 Å². The number of nitrogens with two attached hydrogens (primary N) is 2. The number of hydrogen-bond donors (Lipinski definition) is 4. The molecule has 3 amide bonds. The van der Waals surface area contributed by atoms with E-state index in [0.717, 1.165) is 5.56 Å². The van der Waals surface area contributed by atoms with Gasteiger partial charge in [0.15, 0.2) is 0 Å². The van der Waals surface area contributed by atoms with Crippen LogP contribution in [0.4, 0.5) is 0 Å². The summed E-state index contributed by atoms with van der Waals surface area (Å²) in [4.78, 5) is 37.0. The summed E-state index contributed by atoms with van der Waals surface area (Å²) in [6.45, 7) is 0.383. The van der Waals surface area contributed by atoms with Crippen LogP contribution < -0.4 is 22.1 Å². The molecular formula is C21H26N4O3. The molecule has 2 atom stereocenters. The minimum atomic E-state index is -0.871. The minimum Gasteiger partial charge on any atom is -0.368 e. The number of carbonyl (C=O) groups excluding carboxylic acids is 3. The number of amides is 3. The third-order valence-electron chi connectivity index (χ3n) is 4.30. The van der Waals surface area contributed by atoms with Gasteiger partial charge in [0.25, 0.3) is 5.91 Å². The monoisotopic (exact) mass is 382 g/mol. The van der Waals surface area contributed by atoms with E-state index in [2.05, 4.69) is 10.6 Å². The first kappa shape index (κ1) is 21.1. The lowest BCUT2D eigenvalue weighted by Gasteiger charge is -2.22. The van der Waals surface area contributed by atoms with Crippen LogP contribution in [0.5, 0.6) is 0 Å². The number of hydrogen-bond acceptors (Lipinski definition) is 4. The Bertz CT molecular complexity index is 781. The maximum absolute atomic E-state index is 12.7. The predicted molar refractivity (Wildman–Crippen MR) is 107 cm³/mol. The Balaban J connectivity index is 2.07. The van der Waals surface area contributed by atoms with Crippen LogP contribution in [0.25, 0.3) is 0 Å². The fourth-order valence-corrected chi connectivity index (χ4v) is 2.77. The van der Waals surface area contributed by atoms with E-state index in [1.54, 1.807) is 30.3 Å². The molecule has 2 aromatic rings. The quantitative estimate of drug-likeness (QED) is 0.483. The Morgan fingerprint density at radius 1 is 0.857 bits per heavy atom. The van der Waals surface area contributed by atoms with Crippen LogP contribution in [0.1, 0.15) is 28.8 Å². The zero-order chi connectivity index (χ0) is 20.4. The Labute approximate surface area is 164 Å². The molecule has 148 valence electrons. The fourth-order valence-electron chi connectivity index (χ4n) is 2.77. The second kappa shape index (κ2) is 10.8. The molecule has 2 aromatic carbocycles. The lowest BCUT2D eigenvalue weighted by molar-refractivity contribution is -0.128. The fraction of sp³-hybridized carbons (Fsp3) is 0.286. The summed E-state index contributed by atoms with van der Waals surface area (Å²) in [6, 6.07) is 16.2. The molecule has 0 aliphatic heterocycles. The van der Waals surface area contributed by atoms with Gasteiger partial charge in [-0.2, -0.15) is 0 Å². The molecule has 7 nitrogen and oxygen atoms in total. The molecule has 0 aromatic heterocycles. The maximum atomic E-state index is 12.7. The van der Waals surface area contributed by atoms with Gasteiger partial charge in [0.2, 0.25) is 11.8 Å². The first-order valence-corrected chi connectivity index (χ1v) is 9.21. The van der Waals surface area contributed by atoms with Crippen molar-refractivity contribution in [1.82, 2.24) is 10.6 Å². The van der Waals surface area contributed by atoms with E-state index in [0.29, 0.717) is 24.9 Å². The van der Waals surface area contributed by atoms with Gasteiger partial charge in [0.1, 0.15) is 12.1 Å². The molecule has 2 rings (SSSR count). The molecular weight excluding hydrogens is 356 g/mol. The molecule has 0 spiro atoms. The Morgan fingerprint density at radius 2 is 1.46 bits per heavy atom. The molecule has 28 heavy (non-hydrogen) atoms. The second-order valence-corrected chi connectivity index (χ2v) is 6.48. The summed E-state index contributed by atoms with van der Waals surface area (Å²) in [7, 11) is 0. The van der Waals surface area contributed by atoms with Crippen molar-refractivity contribution in [3.8, 4) is 0 Å². The lowest BCUT2D eigenvalue weighted by Crippen LogP contribution is -2.53. The molecule has 7 heteroatoms. The highest BCUT2D eigenvalue weighted by atomic mass is 16.2. The normalized spacial score (nSPS) is 12.6. The zero-order valence-electron chi connectivity index (χ0n) is 15.6. The van der Waals surface area contributed by atoms with Crippen LogP contribution in [0, 0.1) is 0 Å². The number of benzene rings is 2. The van der Waals surface area contributed by atoms with Gasteiger partial charge in [0, 0.05) is 12.0 Å². The number of carbonyl (C=O) groups is 3. The minimum absolute atomic E-state index is 0.276. The molecule has 0 heterocycles. The largest absolute Gasteiger partial charge is 0.368 e. The third-order valence-corrected chi connectivity index (χ3v) is 4.30. The Hall–Kier alpha value is -3.19. The highest BCUT2D eigenvalue weighted by molar-refractivity contribution is 5.98. The molecule has 0 aliphatic rings. The molecule has 6 N–H and O–H groups in total. The summed E-state index contributed by atoms with van der Waals surface area (Å²) in [5.74, 6) is -1.46. The van der Waals surface area contributed by atoms with Gasteiger partial charge in [-0.15, -0.1) is 0 Å². The zero-order valence-corrected chi connectivity index (χ0v) is 15.6. The third kappa shape index (κ3) is 6.51. The molecule has 0 aliphatic carbocycles. The first-order valence-electron chi connectivity index (χ1n) is 9.21. The van der Waals surface area contributed by atoms with E-state index < -0.39 is 23.9 Å². The van der Waals surface area contributed by atoms with E-state index in [-0.39, 0.29) is 12.3 Å². The van der Waals surface area contributed by atoms with Crippen molar-refractivity contribution in [3.63, 3.8) is 0 Å². The summed E-state index contributed by atoms with van der Waals surface area (Å²) >= 11 is 0. The smallest absolute Gasteiger partial charge is 0.251 e. The highest BCUT2D eigenvalue weighted by Crippen LogP contribution is 2.06. The van der Waals surface area contributed by atoms with Crippen molar-refractivity contribution >= 4 is 17.7 Å². The standard InChI is InChI=1S/C21H26N4O3/c22-13-7-12-17(24-20(27)16-10-5-2-6-11-16)21(28)25-18(19(23)26)14-15-8-3-1-4-9-15/h1-6,8-11,17-18H,7,12-14,22H2,(H2,23,26)(H,24,27)(H,25,28). The van der Waals surface area contributed by atoms with Gasteiger partial charge < -0.3 is 22.1 Å². The van der Waals surface area contributed by atoms with E-state index in [9.17, 15) is 14.4 Å². The van der Waals surface area contributed by atoms with Crippen molar-refractivity contribution in [2.24, 2.45) is 11.5 Å². The van der Waals surface area contributed by atoms with Crippen LogP contribution in [0.15, 0.2) is 60.7 Å². The number of nitrogens with one attached hydrogen (secondary N) is 2. The predicted octanol–water partition coefficient (Wildman–Crippen LogP) is 0.737. The van der Waals surface area contributed by atoms with Gasteiger partial charge >= 0.3 is 0 Å². The van der Waals surface area contributed by atoms with E-state index in [4.69, 9.17) is 11.5 Å². The topological polar surface area (TPSA) is 127 Å². The van der Waals surface area contributed by atoms with Gasteiger partial charge in [-0.1, -0.05) is 48.5 Å². The van der Waals surface area contributed by atoms with Gasteiger partial charge in [-0.05, 0) is 37.1 Å². The SMILES string of the molecule is NCCCC(NC(=O)c1ccccc1)C(=O)NC(Cc1ccccc1)C(N)=O. The van der Waals surface area contributed by atoms with Crippen LogP contribution in [0.3, 0.4) is 0 Å². The van der Waals surface area contributed by atoms with Crippen molar-refractivity contribution in [2.75, 3.05) is 6.54 Å². The highest BCUT2D eigenvalue weighted by Gasteiger charge is 2.25.